The predicted molar refractivity (Wildman–Crippen MR) is 98.1 cm³/mol. The Bertz CT molecular complexity index is 964. The van der Waals surface area contributed by atoms with Crippen molar-refractivity contribution in [3.63, 3.8) is 0 Å². The first-order valence-corrected chi connectivity index (χ1v) is 8.75. The van der Waals surface area contributed by atoms with Gasteiger partial charge >= 0.3 is 0 Å². The molecule has 3 aromatic rings. The molecule has 5 nitrogen and oxygen atoms in total. The minimum atomic E-state index is -0.698. The summed E-state index contributed by atoms with van der Waals surface area (Å²) in [4.78, 5) is 31.2. The molecule has 0 aliphatic carbocycles. The maximum absolute atomic E-state index is 12.6. The number of carbonyl (C=O) groups excluding carboxylic acids is 1. The van der Waals surface area contributed by atoms with E-state index in [1.54, 1.807) is 31.2 Å². The molecule has 1 amide bonds. The van der Waals surface area contributed by atoms with Crippen LogP contribution >= 0.6 is 22.9 Å². The Hall–Kier alpha value is -2.18. The summed E-state index contributed by atoms with van der Waals surface area (Å²) in [7, 11) is 0. The average molecular weight is 362 g/mol. The van der Waals surface area contributed by atoms with E-state index in [1.807, 2.05) is 13.0 Å². The molecular formula is C17H16ClN3O2S. The van der Waals surface area contributed by atoms with E-state index in [9.17, 15) is 9.59 Å². The van der Waals surface area contributed by atoms with E-state index in [2.05, 4.69) is 10.3 Å². The van der Waals surface area contributed by atoms with Gasteiger partial charge in [-0.2, -0.15) is 0 Å². The highest BCUT2D eigenvalue weighted by Gasteiger charge is 2.19. The van der Waals surface area contributed by atoms with Crippen molar-refractivity contribution < 1.29 is 4.79 Å². The normalized spacial score (nSPS) is 12.3. The van der Waals surface area contributed by atoms with Gasteiger partial charge < -0.3 is 5.32 Å². The van der Waals surface area contributed by atoms with Crippen LogP contribution in [0.4, 0.5) is 5.69 Å². The summed E-state index contributed by atoms with van der Waals surface area (Å²) >= 11 is 7.56. The Kier molecular flexibility index (Phi) is 4.69. The molecule has 0 fully saturated rings. The maximum atomic E-state index is 12.6. The Balaban J connectivity index is 1.92. The second-order valence-electron chi connectivity index (χ2n) is 5.39. The molecule has 0 spiro atoms. The van der Waals surface area contributed by atoms with Gasteiger partial charge in [0.1, 0.15) is 10.9 Å². The first-order chi connectivity index (χ1) is 11.5. The monoisotopic (exact) mass is 361 g/mol. The number of halogens is 1. The number of fused-ring (bicyclic) bond motifs is 1. The van der Waals surface area contributed by atoms with Gasteiger partial charge in [0.15, 0.2) is 0 Å². The topological polar surface area (TPSA) is 64.0 Å². The van der Waals surface area contributed by atoms with Crippen LogP contribution in [0.3, 0.4) is 0 Å². The molecule has 7 heteroatoms. The molecule has 0 aliphatic rings. The van der Waals surface area contributed by atoms with Crippen molar-refractivity contribution in [2.45, 2.75) is 26.3 Å². The first kappa shape index (κ1) is 16.7. The summed E-state index contributed by atoms with van der Waals surface area (Å²) in [5.74, 6) is -0.322. The molecular weight excluding hydrogens is 346 g/mol. The SMILES string of the molecule is CCc1cc2c(=O)n([C@@H](C)C(=O)Nc3ccccc3Cl)cnc2s1. The van der Waals surface area contributed by atoms with Crippen LogP contribution in [0.25, 0.3) is 10.2 Å². The minimum Gasteiger partial charge on any atom is -0.323 e. The highest BCUT2D eigenvalue weighted by Crippen LogP contribution is 2.23. The second-order valence-corrected chi connectivity index (χ2v) is 6.91. The number of thiophene rings is 1. The van der Waals surface area contributed by atoms with Crippen LogP contribution in [0, 0.1) is 0 Å². The van der Waals surface area contributed by atoms with Gasteiger partial charge in [0.2, 0.25) is 5.91 Å². The van der Waals surface area contributed by atoms with Crippen molar-refractivity contribution in [1.82, 2.24) is 9.55 Å². The fourth-order valence-corrected chi connectivity index (χ4v) is 3.47. The lowest BCUT2D eigenvalue weighted by atomic mass is 10.2. The van der Waals surface area contributed by atoms with Crippen molar-refractivity contribution >= 4 is 44.7 Å². The fourth-order valence-electron chi connectivity index (χ4n) is 2.36. The van der Waals surface area contributed by atoms with E-state index in [0.717, 1.165) is 11.3 Å². The summed E-state index contributed by atoms with van der Waals surface area (Å²) in [5.41, 5.74) is 0.305. The number of para-hydroxylation sites is 1. The number of hydrogen-bond acceptors (Lipinski definition) is 4. The Morgan fingerprint density at radius 3 is 2.88 bits per heavy atom. The minimum absolute atomic E-state index is 0.210. The number of amides is 1. The number of hydrogen-bond donors (Lipinski definition) is 1. The molecule has 0 aliphatic heterocycles. The number of nitrogens with one attached hydrogen (secondary N) is 1. The van der Waals surface area contributed by atoms with Crippen molar-refractivity contribution in [1.29, 1.82) is 0 Å². The lowest BCUT2D eigenvalue weighted by Crippen LogP contribution is -2.31. The van der Waals surface area contributed by atoms with Crippen molar-refractivity contribution in [3.05, 3.63) is 56.9 Å². The molecule has 2 heterocycles. The molecule has 0 unspecified atom stereocenters. The molecule has 2 aromatic heterocycles. The fraction of sp³-hybridized carbons (Fsp3) is 0.235. The summed E-state index contributed by atoms with van der Waals surface area (Å²) in [6.07, 6.45) is 2.28. The molecule has 24 heavy (non-hydrogen) atoms. The van der Waals surface area contributed by atoms with E-state index in [4.69, 9.17) is 11.6 Å². The van der Waals surface area contributed by atoms with Gasteiger partial charge in [-0.05, 0) is 31.5 Å². The highest BCUT2D eigenvalue weighted by molar-refractivity contribution is 7.18. The van der Waals surface area contributed by atoms with E-state index in [0.29, 0.717) is 20.9 Å². The summed E-state index contributed by atoms with van der Waals surface area (Å²) in [6.45, 7) is 3.69. The standard InChI is InChI=1S/C17H16ClN3O2S/c1-3-11-8-12-16(24-11)19-9-21(17(12)23)10(2)15(22)20-14-7-5-4-6-13(14)18/h4-10H,3H2,1-2H3,(H,20,22)/t10-/m0/s1. The lowest BCUT2D eigenvalue weighted by Gasteiger charge is -2.15. The van der Waals surface area contributed by atoms with Gasteiger partial charge in [0, 0.05) is 4.88 Å². The molecule has 0 bridgehead atoms. The number of carbonyl (C=O) groups is 1. The van der Waals surface area contributed by atoms with Crippen molar-refractivity contribution in [3.8, 4) is 0 Å². The Labute approximate surface area is 147 Å². The Morgan fingerprint density at radius 2 is 2.17 bits per heavy atom. The number of rotatable bonds is 4. The zero-order chi connectivity index (χ0) is 17.3. The quantitative estimate of drug-likeness (QED) is 0.767. The van der Waals surface area contributed by atoms with Gasteiger partial charge in [0.05, 0.1) is 22.4 Å². The molecule has 0 radical (unpaired) electrons. The number of nitrogens with zero attached hydrogens (tertiary/aromatic N) is 2. The van der Waals surface area contributed by atoms with Gasteiger partial charge in [-0.15, -0.1) is 11.3 Å². The van der Waals surface area contributed by atoms with Gasteiger partial charge in [-0.1, -0.05) is 30.7 Å². The summed E-state index contributed by atoms with van der Waals surface area (Å²) in [6, 6.07) is 8.12. The zero-order valence-electron chi connectivity index (χ0n) is 13.2. The number of benzene rings is 1. The van der Waals surface area contributed by atoms with Crippen LogP contribution in [0.1, 0.15) is 24.8 Å². The van der Waals surface area contributed by atoms with Crippen molar-refractivity contribution in [2.75, 3.05) is 5.32 Å². The predicted octanol–water partition coefficient (Wildman–Crippen LogP) is 3.87. The smallest absolute Gasteiger partial charge is 0.262 e. The first-order valence-electron chi connectivity index (χ1n) is 7.56. The summed E-state index contributed by atoms with van der Waals surface area (Å²) < 4.78 is 1.35. The van der Waals surface area contributed by atoms with Gasteiger partial charge in [-0.3, -0.25) is 14.2 Å². The average Bonchev–Trinajstić information content (AvgIpc) is 3.01. The van der Waals surface area contributed by atoms with E-state index >= 15 is 0 Å². The third-order valence-electron chi connectivity index (χ3n) is 3.80. The van der Waals surface area contributed by atoms with Gasteiger partial charge in [-0.25, -0.2) is 4.98 Å². The molecule has 3 rings (SSSR count). The molecule has 1 atom stereocenters. The van der Waals surface area contributed by atoms with Crippen LogP contribution < -0.4 is 10.9 Å². The van der Waals surface area contributed by atoms with Crippen LogP contribution in [0.15, 0.2) is 41.5 Å². The maximum Gasteiger partial charge on any atom is 0.262 e. The molecule has 0 saturated heterocycles. The van der Waals surface area contributed by atoms with Crippen molar-refractivity contribution in [2.24, 2.45) is 0 Å². The largest absolute Gasteiger partial charge is 0.323 e. The third kappa shape index (κ3) is 3.07. The second kappa shape index (κ2) is 6.75. The van der Waals surface area contributed by atoms with Crippen LogP contribution in [-0.4, -0.2) is 15.5 Å². The zero-order valence-corrected chi connectivity index (χ0v) is 14.8. The van der Waals surface area contributed by atoms with Gasteiger partial charge in [0.25, 0.3) is 5.56 Å². The number of aryl methyl sites for hydroxylation is 1. The number of anilines is 1. The molecule has 1 aromatic carbocycles. The van der Waals surface area contributed by atoms with E-state index < -0.39 is 6.04 Å². The molecule has 124 valence electrons. The molecule has 0 saturated carbocycles. The highest BCUT2D eigenvalue weighted by atomic mass is 35.5. The van der Waals surface area contributed by atoms with Crippen LogP contribution in [0.5, 0.6) is 0 Å². The van der Waals surface area contributed by atoms with Crippen LogP contribution in [-0.2, 0) is 11.2 Å². The number of aromatic nitrogens is 2. The van der Waals surface area contributed by atoms with E-state index in [-0.39, 0.29) is 11.5 Å². The lowest BCUT2D eigenvalue weighted by molar-refractivity contribution is -0.118. The molecule has 1 N–H and O–H groups in total. The summed E-state index contributed by atoms with van der Waals surface area (Å²) in [5, 5.41) is 3.75. The van der Waals surface area contributed by atoms with E-state index in [1.165, 1.54) is 22.2 Å². The van der Waals surface area contributed by atoms with Crippen LogP contribution in [0.2, 0.25) is 5.02 Å². The third-order valence-corrected chi connectivity index (χ3v) is 5.32. The Morgan fingerprint density at radius 1 is 1.42 bits per heavy atom.